The van der Waals surface area contributed by atoms with E-state index in [0.717, 1.165) is 12.3 Å². The van der Waals surface area contributed by atoms with Crippen molar-refractivity contribution < 1.29 is 13.9 Å². The van der Waals surface area contributed by atoms with Gasteiger partial charge in [0, 0.05) is 6.07 Å². The number of ether oxygens (including phenoxy) is 1. The van der Waals surface area contributed by atoms with Crippen molar-refractivity contribution in [1.29, 1.82) is 0 Å². The Kier molecular flexibility index (Phi) is 8.16. The van der Waals surface area contributed by atoms with Crippen LogP contribution < -0.4 is 4.74 Å². The Bertz CT molecular complexity index is 1070. The monoisotopic (exact) mass is 458 g/mol. The van der Waals surface area contributed by atoms with Gasteiger partial charge in [0.2, 0.25) is 0 Å². The Hall–Kier alpha value is -2.94. The Morgan fingerprint density at radius 1 is 0.971 bits per heavy atom. The molecule has 1 aliphatic carbocycles. The number of carbonyl (C=O) groups excluding carboxylic acids is 1. The summed E-state index contributed by atoms with van der Waals surface area (Å²) in [5.74, 6) is 1.40. The van der Waals surface area contributed by atoms with Crippen LogP contribution in [0.25, 0.3) is 0 Å². The van der Waals surface area contributed by atoms with Gasteiger partial charge in [0.1, 0.15) is 11.6 Å². The predicted molar refractivity (Wildman–Crippen MR) is 136 cm³/mol. The van der Waals surface area contributed by atoms with E-state index in [1.807, 2.05) is 19.1 Å². The van der Waals surface area contributed by atoms with Crippen molar-refractivity contribution in [3.63, 3.8) is 0 Å². The van der Waals surface area contributed by atoms with Crippen molar-refractivity contribution in [3.05, 3.63) is 101 Å². The fraction of sp³-hybridized carbons (Fsp3) is 0.387. The van der Waals surface area contributed by atoms with E-state index in [4.69, 9.17) is 4.74 Å². The highest BCUT2D eigenvalue weighted by molar-refractivity contribution is 5.91. The zero-order chi connectivity index (χ0) is 23.9. The summed E-state index contributed by atoms with van der Waals surface area (Å²) in [6.45, 7) is 4.35. The molecule has 3 aromatic rings. The molecule has 1 saturated carbocycles. The summed E-state index contributed by atoms with van der Waals surface area (Å²) >= 11 is 0. The van der Waals surface area contributed by atoms with Gasteiger partial charge in [-0.2, -0.15) is 0 Å². The van der Waals surface area contributed by atoms with Crippen molar-refractivity contribution in [1.82, 2.24) is 0 Å². The average molecular weight is 459 g/mol. The van der Waals surface area contributed by atoms with E-state index in [9.17, 15) is 9.18 Å². The molecule has 0 aromatic heterocycles. The van der Waals surface area contributed by atoms with Crippen molar-refractivity contribution in [2.75, 3.05) is 0 Å². The van der Waals surface area contributed by atoms with E-state index in [-0.39, 0.29) is 11.6 Å². The normalized spacial score (nSPS) is 18.9. The quantitative estimate of drug-likeness (QED) is 0.250. The summed E-state index contributed by atoms with van der Waals surface area (Å²) in [4.78, 5) is 12.5. The second-order valence-corrected chi connectivity index (χ2v) is 9.78. The van der Waals surface area contributed by atoms with Gasteiger partial charge in [0.05, 0.1) is 5.56 Å². The van der Waals surface area contributed by atoms with Crippen LogP contribution in [0.2, 0.25) is 0 Å². The Morgan fingerprint density at radius 3 is 2.32 bits per heavy atom. The van der Waals surface area contributed by atoms with Crippen LogP contribution >= 0.6 is 0 Å². The second kappa shape index (κ2) is 11.5. The molecule has 4 rings (SSSR count). The van der Waals surface area contributed by atoms with Gasteiger partial charge in [-0.15, -0.1) is 0 Å². The molecule has 1 aliphatic rings. The van der Waals surface area contributed by atoms with Crippen LogP contribution in [-0.4, -0.2) is 5.97 Å². The molecule has 1 atom stereocenters. The molecule has 0 saturated heterocycles. The van der Waals surface area contributed by atoms with E-state index in [1.165, 1.54) is 49.3 Å². The Balaban J connectivity index is 1.29. The number of hydrogen-bond donors (Lipinski definition) is 0. The van der Waals surface area contributed by atoms with Gasteiger partial charge < -0.3 is 4.74 Å². The lowest BCUT2D eigenvalue weighted by molar-refractivity contribution is 0.0734. The van der Waals surface area contributed by atoms with Gasteiger partial charge in [-0.05, 0) is 91.2 Å². The van der Waals surface area contributed by atoms with Crippen LogP contribution in [0.4, 0.5) is 4.39 Å². The van der Waals surface area contributed by atoms with Gasteiger partial charge in [0.25, 0.3) is 0 Å². The van der Waals surface area contributed by atoms with Crippen LogP contribution in [0.15, 0.2) is 72.8 Å². The lowest BCUT2D eigenvalue weighted by Gasteiger charge is -2.30. The molecule has 0 spiro atoms. The standard InChI is InChI=1S/C31H35FO2/c1-3-7-27-18-19-29(21-30(27)32)34-31(33)28-16-14-26(15-17-28)25-12-10-23(11-13-25)20-22(2)24-8-5-4-6-9-24/h4-6,8-9,14-19,21-23,25H,3,7,10-13,20H2,1-2H3/t22-,23?,25?/m0/s1. The number of aryl methyl sites for hydroxylation is 1. The van der Waals surface area contributed by atoms with Gasteiger partial charge in [0.15, 0.2) is 0 Å². The number of esters is 1. The highest BCUT2D eigenvalue weighted by atomic mass is 19.1. The summed E-state index contributed by atoms with van der Waals surface area (Å²) in [6, 6.07) is 23.3. The predicted octanol–water partition coefficient (Wildman–Crippen LogP) is 8.47. The zero-order valence-corrected chi connectivity index (χ0v) is 20.3. The Labute approximate surface area is 203 Å². The van der Waals surface area contributed by atoms with Crippen LogP contribution in [0.5, 0.6) is 5.75 Å². The number of hydrogen-bond acceptors (Lipinski definition) is 2. The summed E-state index contributed by atoms with van der Waals surface area (Å²) in [6.07, 6.45) is 7.70. The third kappa shape index (κ3) is 6.14. The second-order valence-electron chi connectivity index (χ2n) is 9.78. The SMILES string of the molecule is CCCc1ccc(OC(=O)c2ccc(C3CCC(C[C@H](C)c4ccccc4)CC3)cc2)cc1F. The summed E-state index contributed by atoms with van der Waals surface area (Å²) < 4.78 is 19.5. The first-order valence-corrected chi connectivity index (χ1v) is 12.7. The molecule has 2 nitrogen and oxygen atoms in total. The van der Waals surface area contributed by atoms with E-state index in [2.05, 4.69) is 49.4 Å². The van der Waals surface area contributed by atoms with Crippen LogP contribution in [0.1, 0.15) is 91.3 Å². The topological polar surface area (TPSA) is 26.3 Å². The van der Waals surface area contributed by atoms with Crippen LogP contribution in [0, 0.1) is 11.7 Å². The van der Waals surface area contributed by atoms with Crippen LogP contribution in [0.3, 0.4) is 0 Å². The van der Waals surface area contributed by atoms with Crippen LogP contribution in [-0.2, 0) is 6.42 Å². The zero-order valence-electron chi connectivity index (χ0n) is 20.3. The molecule has 0 heterocycles. The lowest BCUT2D eigenvalue weighted by Crippen LogP contribution is -2.15. The molecule has 0 unspecified atom stereocenters. The van der Waals surface area contributed by atoms with Crippen molar-refractivity contribution in [2.24, 2.45) is 5.92 Å². The molecule has 178 valence electrons. The highest BCUT2D eigenvalue weighted by Crippen LogP contribution is 2.39. The molecule has 3 heteroatoms. The first-order valence-electron chi connectivity index (χ1n) is 12.7. The average Bonchev–Trinajstić information content (AvgIpc) is 2.87. The van der Waals surface area contributed by atoms with Crippen molar-refractivity contribution in [3.8, 4) is 5.75 Å². The van der Waals surface area contributed by atoms with Gasteiger partial charge >= 0.3 is 5.97 Å². The minimum atomic E-state index is -0.451. The third-order valence-electron chi connectivity index (χ3n) is 7.27. The lowest BCUT2D eigenvalue weighted by atomic mass is 9.75. The molecule has 0 N–H and O–H groups in total. The maximum atomic E-state index is 14.1. The maximum absolute atomic E-state index is 14.1. The van der Waals surface area contributed by atoms with E-state index in [1.54, 1.807) is 12.1 Å². The van der Waals surface area contributed by atoms with E-state index in [0.29, 0.717) is 29.4 Å². The fourth-order valence-corrected chi connectivity index (χ4v) is 5.27. The first kappa shape index (κ1) is 24.2. The first-order chi connectivity index (χ1) is 16.5. The van der Waals surface area contributed by atoms with Crippen molar-refractivity contribution in [2.45, 2.75) is 70.6 Å². The minimum absolute atomic E-state index is 0.245. The molecule has 1 fully saturated rings. The largest absolute Gasteiger partial charge is 0.423 e. The number of carbonyl (C=O) groups is 1. The molecular formula is C31H35FO2. The van der Waals surface area contributed by atoms with Gasteiger partial charge in [-0.25, -0.2) is 9.18 Å². The summed E-state index contributed by atoms with van der Waals surface area (Å²) in [5.41, 5.74) is 3.87. The fourth-order valence-electron chi connectivity index (χ4n) is 5.27. The molecule has 0 bridgehead atoms. The molecule has 34 heavy (non-hydrogen) atoms. The maximum Gasteiger partial charge on any atom is 0.343 e. The molecule has 0 aliphatic heterocycles. The smallest absolute Gasteiger partial charge is 0.343 e. The van der Waals surface area contributed by atoms with E-state index >= 15 is 0 Å². The van der Waals surface area contributed by atoms with E-state index < -0.39 is 5.97 Å². The molecular weight excluding hydrogens is 423 g/mol. The molecule has 0 radical (unpaired) electrons. The highest BCUT2D eigenvalue weighted by Gasteiger charge is 2.24. The third-order valence-corrected chi connectivity index (χ3v) is 7.27. The summed E-state index contributed by atoms with van der Waals surface area (Å²) in [7, 11) is 0. The number of halogens is 1. The number of benzene rings is 3. The molecule has 3 aromatic carbocycles. The van der Waals surface area contributed by atoms with Crippen molar-refractivity contribution >= 4 is 5.97 Å². The molecule has 0 amide bonds. The van der Waals surface area contributed by atoms with Gasteiger partial charge in [-0.1, -0.05) is 68.8 Å². The Morgan fingerprint density at radius 2 is 1.68 bits per heavy atom. The summed E-state index contributed by atoms with van der Waals surface area (Å²) in [5, 5.41) is 0. The number of rotatable bonds is 8. The minimum Gasteiger partial charge on any atom is -0.423 e. The van der Waals surface area contributed by atoms with Gasteiger partial charge in [-0.3, -0.25) is 0 Å².